The molecule has 4 aliphatic rings. The third kappa shape index (κ3) is 2.11. The second-order valence-corrected chi connectivity index (χ2v) is 8.10. The van der Waals surface area contributed by atoms with Gasteiger partial charge >= 0.3 is 11.9 Å². The zero-order valence-electron chi connectivity index (χ0n) is 15.7. The lowest BCUT2D eigenvalue weighted by Gasteiger charge is -2.57. The van der Waals surface area contributed by atoms with Crippen LogP contribution in [-0.4, -0.2) is 60.6 Å². The summed E-state index contributed by atoms with van der Waals surface area (Å²) in [5.41, 5.74) is -2.60. The van der Waals surface area contributed by atoms with Gasteiger partial charge in [-0.05, 0) is 18.6 Å². The summed E-state index contributed by atoms with van der Waals surface area (Å²) >= 11 is 0. The van der Waals surface area contributed by atoms with Crippen LogP contribution in [0.4, 0.5) is 0 Å². The summed E-state index contributed by atoms with van der Waals surface area (Å²) in [5, 5.41) is 0. The van der Waals surface area contributed by atoms with Crippen LogP contribution < -0.4 is 0 Å². The number of allylic oxidation sites excluding steroid dienone is 1. The highest BCUT2D eigenvalue weighted by molar-refractivity contribution is 5.99. The minimum absolute atomic E-state index is 0.00660. The average Bonchev–Trinajstić information content (AvgIpc) is 3.36. The van der Waals surface area contributed by atoms with E-state index in [0.29, 0.717) is 5.57 Å². The Morgan fingerprint density at radius 1 is 1.26 bits per heavy atom. The molecule has 1 spiro atoms. The van der Waals surface area contributed by atoms with E-state index in [1.54, 1.807) is 19.9 Å². The predicted molar refractivity (Wildman–Crippen MR) is 88.5 cm³/mol. The molecule has 3 fully saturated rings. The van der Waals surface area contributed by atoms with Gasteiger partial charge in [-0.15, -0.1) is 0 Å². The number of fused-ring (bicyclic) bond motifs is 2. The molecule has 8 heteroatoms. The van der Waals surface area contributed by atoms with Crippen molar-refractivity contribution in [1.82, 2.24) is 0 Å². The Balaban J connectivity index is 1.91. The quantitative estimate of drug-likeness (QED) is 0.516. The maximum absolute atomic E-state index is 13.1. The van der Waals surface area contributed by atoms with Gasteiger partial charge in [-0.3, -0.25) is 19.2 Å². The lowest BCUT2D eigenvalue weighted by molar-refractivity contribution is -0.231. The molecular formula is C19H22O8. The molecule has 0 aromatic carbocycles. The van der Waals surface area contributed by atoms with Crippen molar-refractivity contribution in [3.63, 3.8) is 0 Å². The van der Waals surface area contributed by atoms with E-state index in [9.17, 15) is 19.2 Å². The molecule has 2 bridgehead atoms. The van der Waals surface area contributed by atoms with Gasteiger partial charge in [0.2, 0.25) is 5.78 Å². The van der Waals surface area contributed by atoms with Gasteiger partial charge in [0.05, 0.1) is 23.5 Å². The minimum Gasteiger partial charge on any atom is -0.465 e. The summed E-state index contributed by atoms with van der Waals surface area (Å²) in [7, 11) is 0. The van der Waals surface area contributed by atoms with E-state index in [4.69, 9.17) is 18.9 Å². The molecule has 0 N–H and O–H groups in total. The zero-order valence-corrected chi connectivity index (χ0v) is 15.7. The van der Waals surface area contributed by atoms with Gasteiger partial charge in [0.1, 0.15) is 12.2 Å². The highest BCUT2D eigenvalue weighted by Gasteiger charge is 2.86. The topological polar surface area (TPSA) is 109 Å². The Labute approximate surface area is 156 Å². The number of Topliss-reactive ketones (excluding diaryl/α,β-unsaturated/α-hetero) is 2. The molecule has 1 saturated carbocycles. The summed E-state index contributed by atoms with van der Waals surface area (Å²) < 4.78 is 22.6. The Hall–Kier alpha value is -2.06. The van der Waals surface area contributed by atoms with E-state index in [2.05, 4.69) is 0 Å². The summed E-state index contributed by atoms with van der Waals surface area (Å²) in [6.45, 7) is 6.10. The van der Waals surface area contributed by atoms with Crippen LogP contribution >= 0.6 is 0 Å². The molecule has 0 aromatic heterocycles. The van der Waals surface area contributed by atoms with E-state index >= 15 is 0 Å². The fraction of sp³-hybridized carbons (Fsp3) is 0.684. The van der Waals surface area contributed by atoms with Crippen molar-refractivity contribution >= 4 is 23.5 Å². The smallest absolute Gasteiger partial charge is 0.303 e. The molecular weight excluding hydrogens is 356 g/mol. The fourth-order valence-corrected chi connectivity index (χ4v) is 5.19. The van der Waals surface area contributed by atoms with Crippen molar-refractivity contribution < 1.29 is 38.1 Å². The number of ether oxygens (including phenoxy) is 4. The molecule has 146 valence electrons. The van der Waals surface area contributed by atoms with Crippen LogP contribution in [0, 0.1) is 10.8 Å². The molecule has 6 atom stereocenters. The van der Waals surface area contributed by atoms with E-state index in [1.165, 1.54) is 13.8 Å². The molecule has 2 aliphatic carbocycles. The van der Waals surface area contributed by atoms with Crippen molar-refractivity contribution in [2.24, 2.45) is 10.8 Å². The van der Waals surface area contributed by atoms with Gasteiger partial charge in [-0.1, -0.05) is 6.92 Å². The average molecular weight is 378 g/mol. The first kappa shape index (κ1) is 18.3. The highest BCUT2D eigenvalue weighted by Crippen LogP contribution is 2.70. The van der Waals surface area contributed by atoms with Crippen LogP contribution in [0.2, 0.25) is 0 Å². The maximum atomic E-state index is 13.1. The molecule has 8 nitrogen and oxygen atoms in total. The number of ketones is 2. The Kier molecular flexibility index (Phi) is 3.72. The van der Waals surface area contributed by atoms with Gasteiger partial charge in [-0.2, -0.15) is 0 Å². The monoisotopic (exact) mass is 378 g/mol. The van der Waals surface area contributed by atoms with Crippen LogP contribution in [-0.2, 0) is 38.1 Å². The number of hydrogen-bond donors (Lipinski definition) is 0. The van der Waals surface area contributed by atoms with E-state index in [0.717, 1.165) is 0 Å². The second kappa shape index (κ2) is 5.48. The lowest BCUT2D eigenvalue weighted by Crippen LogP contribution is -2.67. The normalized spacial score (nSPS) is 44.6. The standard InChI is InChI=1S/C19H22O8/c1-9-5-13-18(6-12(9)22,7-24-10(2)20)17(4)15(26-11(3)21)14(23)16(27-13)19(17)8-25-19/h5,13,15-16H,6-8H2,1-4H3. The minimum atomic E-state index is -1.14. The third-order valence-corrected chi connectivity index (χ3v) is 6.79. The van der Waals surface area contributed by atoms with Crippen molar-refractivity contribution in [3.05, 3.63) is 11.6 Å². The molecule has 2 heterocycles. The van der Waals surface area contributed by atoms with Crippen molar-refractivity contribution in [2.45, 2.75) is 58.0 Å². The SMILES string of the molecule is CC(=O)OCC12CC(=O)C(C)=CC1OC1C(=O)C(OC(C)=O)C2(C)C12CO2. The third-order valence-electron chi connectivity index (χ3n) is 6.79. The zero-order chi connectivity index (χ0) is 19.8. The molecule has 2 aliphatic heterocycles. The van der Waals surface area contributed by atoms with Crippen LogP contribution in [0.15, 0.2) is 11.6 Å². The van der Waals surface area contributed by atoms with Crippen LogP contribution in [0.5, 0.6) is 0 Å². The molecule has 2 saturated heterocycles. The molecule has 27 heavy (non-hydrogen) atoms. The number of rotatable bonds is 3. The Morgan fingerprint density at radius 2 is 1.93 bits per heavy atom. The predicted octanol–water partition coefficient (Wildman–Crippen LogP) is 0.512. The maximum Gasteiger partial charge on any atom is 0.303 e. The Bertz CT molecular complexity index is 794. The molecule has 4 rings (SSSR count). The number of hydrogen-bond acceptors (Lipinski definition) is 8. The van der Waals surface area contributed by atoms with Gasteiger partial charge < -0.3 is 18.9 Å². The van der Waals surface area contributed by atoms with Crippen LogP contribution in [0.1, 0.15) is 34.1 Å². The molecule has 0 aromatic rings. The first-order valence-corrected chi connectivity index (χ1v) is 8.94. The van der Waals surface area contributed by atoms with Crippen LogP contribution in [0.3, 0.4) is 0 Å². The van der Waals surface area contributed by atoms with Crippen LogP contribution in [0.25, 0.3) is 0 Å². The number of epoxide rings is 1. The van der Waals surface area contributed by atoms with Gasteiger partial charge in [0.25, 0.3) is 0 Å². The first-order valence-electron chi connectivity index (χ1n) is 8.94. The van der Waals surface area contributed by atoms with Gasteiger partial charge in [0, 0.05) is 20.3 Å². The summed E-state index contributed by atoms with van der Waals surface area (Å²) in [6.07, 6.45) is -0.975. The summed E-state index contributed by atoms with van der Waals surface area (Å²) in [4.78, 5) is 49.0. The first-order chi connectivity index (χ1) is 12.6. The van der Waals surface area contributed by atoms with E-state index in [-0.39, 0.29) is 31.2 Å². The molecule has 0 amide bonds. The lowest BCUT2D eigenvalue weighted by atomic mass is 9.51. The van der Waals surface area contributed by atoms with Crippen molar-refractivity contribution in [3.8, 4) is 0 Å². The van der Waals surface area contributed by atoms with E-state index < -0.39 is 46.7 Å². The van der Waals surface area contributed by atoms with Crippen molar-refractivity contribution in [2.75, 3.05) is 13.2 Å². The fourth-order valence-electron chi connectivity index (χ4n) is 5.19. The number of esters is 2. The molecule has 0 radical (unpaired) electrons. The van der Waals surface area contributed by atoms with E-state index in [1.807, 2.05) is 0 Å². The van der Waals surface area contributed by atoms with Crippen molar-refractivity contribution in [1.29, 1.82) is 0 Å². The summed E-state index contributed by atoms with van der Waals surface area (Å²) in [5.74, 6) is -1.61. The Morgan fingerprint density at radius 3 is 2.48 bits per heavy atom. The number of carbonyl (C=O) groups excluding carboxylic acids is 4. The van der Waals surface area contributed by atoms with Gasteiger partial charge in [0.15, 0.2) is 18.0 Å². The highest BCUT2D eigenvalue weighted by atomic mass is 16.6. The largest absolute Gasteiger partial charge is 0.465 e. The summed E-state index contributed by atoms with van der Waals surface area (Å²) in [6, 6.07) is 0. The second-order valence-electron chi connectivity index (χ2n) is 8.10. The molecule has 6 unspecified atom stereocenters. The number of carbonyl (C=O) groups is 4. The van der Waals surface area contributed by atoms with Gasteiger partial charge in [-0.25, -0.2) is 0 Å².